The summed E-state index contributed by atoms with van der Waals surface area (Å²) in [4.78, 5) is 10.9. The van der Waals surface area contributed by atoms with Crippen molar-refractivity contribution in [1.82, 2.24) is 10.2 Å². The standard InChI is InChI=1S/C9H9N3O2/c1-2-14-9(13)4-3-7-6-11-12-8(7)5-10/h3-4,6H,2H2,1H3,(H,11,12). The number of carbonyl (C=O) groups is 1. The number of ether oxygens (including phenoxy) is 1. The molecule has 0 bridgehead atoms. The van der Waals surface area contributed by atoms with Crippen molar-refractivity contribution in [2.45, 2.75) is 6.92 Å². The van der Waals surface area contributed by atoms with Crippen LogP contribution in [0, 0.1) is 11.3 Å². The van der Waals surface area contributed by atoms with Crippen molar-refractivity contribution in [1.29, 1.82) is 5.26 Å². The summed E-state index contributed by atoms with van der Waals surface area (Å²) in [6, 6.07) is 1.91. The smallest absolute Gasteiger partial charge is 0.330 e. The van der Waals surface area contributed by atoms with Crippen LogP contribution in [0.4, 0.5) is 0 Å². The molecular formula is C9H9N3O2. The molecule has 0 fully saturated rings. The third kappa shape index (κ3) is 2.45. The van der Waals surface area contributed by atoms with Gasteiger partial charge in [-0.1, -0.05) is 0 Å². The molecule has 1 N–H and O–H groups in total. The van der Waals surface area contributed by atoms with Crippen molar-refractivity contribution in [2.75, 3.05) is 6.61 Å². The molecule has 0 aromatic carbocycles. The number of aromatic amines is 1. The lowest BCUT2D eigenvalue weighted by Crippen LogP contribution is -1.98. The molecule has 0 radical (unpaired) electrons. The number of hydrogen-bond donors (Lipinski definition) is 1. The second-order valence-electron chi connectivity index (χ2n) is 2.40. The van der Waals surface area contributed by atoms with E-state index in [1.807, 2.05) is 6.07 Å². The predicted molar refractivity (Wildman–Crippen MR) is 49.0 cm³/mol. The van der Waals surface area contributed by atoms with Gasteiger partial charge in [-0.05, 0) is 13.0 Å². The summed E-state index contributed by atoms with van der Waals surface area (Å²) >= 11 is 0. The number of hydrogen-bond acceptors (Lipinski definition) is 4. The third-order valence-electron chi connectivity index (χ3n) is 1.47. The minimum Gasteiger partial charge on any atom is -0.463 e. The maximum absolute atomic E-state index is 10.9. The maximum Gasteiger partial charge on any atom is 0.330 e. The number of H-pyrrole nitrogens is 1. The van der Waals surface area contributed by atoms with Crippen molar-refractivity contribution >= 4 is 12.0 Å². The van der Waals surface area contributed by atoms with Gasteiger partial charge < -0.3 is 4.74 Å². The summed E-state index contributed by atoms with van der Waals surface area (Å²) in [5.41, 5.74) is 0.895. The van der Waals surface area contributed by atoms with Crippen molar-refractivity contribution in [3.63, 3.8) is 0 Å². The molecule has 1 rings (SSSR count). The van der Waals surface area contributed by atoms with Crippen molar-refractivity contribution < 1.29 is 9.53 Å². The maximum atomic E-state index is 10.9. The Bertz CT molecular complexity index is 387. The Morgan fingerprint density at radius 1 is 1.86 bits per heavy atom. The Labute approximate surface area is 81.0 Å². The van der Waals surface area contributed by atoms with Crippen LogP contribution in [0.15, 0.2) is 12.3 Å². The minimum absolute atomic E-state index is 0.325. The molecule has 0 amide bonds. The normalized spacial score (nSPS) is 10.0. The monoisotopic (exact) mass is 191 g/mol. The van der Waals surface area contributed by atoms with E-state index in [0.717, 1.165) is 0 Å². The molecule has 0 atom stereocenters. The third-order valence-corrected chi connectivity index (χ3v) is 1.47. The largest absolute Gasteiger partial charge is 0.463 e. The van der Waals surface area contributed by atoms with Gasteiger partial charge in [0.15, 0.2) is 0 Å². The fourth-order valence-electron chi connectivity index (χ4n) is 0.860. The lowest BCUT2D eigenvalue weighted by molar-refractivity contribution is -0.137. The first kappa shape index (κ1) is 9.99. The number of carbonyl (C=O) groups excluding carboxylic acids is 1. The van der Waals surface area contributed by atoms with Crippen LogP contribution in [0.3, 0.4) is 0 Å². The van der Waals surface area contributed by atoms with Gasteiger partial charge in [0.1, 0.15) is 11.8 Å². The van der Waals surface area contributed by atoms with Gasteiger partial charge in [-0.15, -0.1) is 0 Å². The van der Waals surface area contributed by atoms with E-state index in [2.05, 4.69) is 14.9 Å². The average Bonchev–Trinajstić information content (AvgIpc) is 2.62. The zero-order chi connectivity index (χ0) is 10.4. The Hall–Kier alpha value is -2.09. The Morgan fingerprint density at radius 2 is 2.64 bits per heavy atom. The van der Waals surface area contributed by atoms with Crippen LogP contribution in [0.5, 0.6) is 0 Å². The van der Waals surface area contributed by atoms with Crippen LogP contribution >= 0.6 is 0 Å². The number of rotatable bonds is 3. The lowest BCUT2D eigenvalue weighted by atomic mass is 10.2. The predicted octanol–water partition coefficient (Wildman–Crippen LogP) is 0.858. The SMILES string of the molecule is CCOC(=O)C=Cc1cn[nH]c1C#N. The fourth-order valence-corrected chi connectivity index (χ4v) is 0.860. The van der Waals surface area contributed by atoms with Crippen LogP contribution in [0.25, 0.3) is 6.08 Å². The molecule has 0 saturated heterocycles. The molecule has 1 aromatic rings. The topological polar surface area (TPSA) is 78.8 Å². The molecule has 5 nitrogen and oxygen atoms in total. The number of nitriles is 1. The summed E-state index contributed by atoms with van der Waals surface area (Å²) in [6.07, 6.45) is 4.21. The summed E-state index contributed by atoms with van der Waals surface area (Å²) < 4.78 is 4.67. The molecule has 72 valence electrons. The highest BCUT2D eigenvalue weighted by molar-refractivity contribution is 5.87. The Balaban J connectivity index is 2.69. The van der Waals surface area contributed by atoms with E-state index in [0.29, 0.717) is 17.9 Å². The Morgan fingerprint density at radius 3 is 3.29 bits per heavy atom. The molecule has 14 heavy (non-hydrogen) atoms. The van der Waals surface area contributed by atoms with Gasteiger partial charge in [-0.2, -0.15) is 10.4 Å². The van der Waals surface area contributed by atoms with Gasteiger partial charge >= 0.3 is 5.97 Å². The first-order valence-corrected chi connectivity index (χ1v) is 4.06. The number of aromatic nitrogens is 2. The highest BCUT2D eigenvalue weighted by Crippen LogP contribution is 2.04. The molecule has 0 unspecified atom stereocenters. The van der Waals surface area contributed by atoms with Gasteiger partial charge in [-0.3, -0.25) is 5.10 Å². The van der Waals surface area contributed by atoms with Gasteiger partial charge in [0.2, 0.25) is 0 Å². The number of nitrogens with zero attached hydrogens (tertiary/aromatic N) is 2. The molecule has 0 aliphatic carbocycles. The number of nitrogens with one attached hydrogen (secondary N) is 1. The van der Waals surface area contributed by atoms with Crippen molar-refractivity contribution in [2.24, 2.45) is 0 Å². The summed E-state index contributed by atoms with van der Waals surface area (Å²) in [6.45, 7) is 2.06. The van der Waals surface area contributed by atoms with E-state index >= 15 is 0 Å². The zero-order valence-corrected chi connectivity index (χ0v) is 7.65. The van der Waals surface area contributed by atoms with Crippen LogP contribution in [0.2, 0.25) is 0 Å². The summed E-state index contributed by atoms with van der Waals surface area (Å²) in [5, 5.41) is 14.8. The first-order chi connectivity index (χ1) is 6.77. The van der Waals surface area contributed by atoms with E-state index in [1.54, 1.807) is 6.92 Å². The Kier molecular flexibility index (Phi) is 3.44. The molecule has 0 aliphatic heterocycles. The molecule has 0 saturated carbocycles. The lowest BCUT2D eigenvalue weighted by Gasteiger charge is -1.93. The van der Waals surface area contributed by atoms with Crippen molar-refractivity contribution in [3.8, 4) is 6.07 Å². The quantitative estimate of drug-likeness (QED) is 0.567. The molecular weight excluding hydrogens is 182 g/mol. The van der Waals surface area contributed by atoms with Gasteiger partial charge in [-0.25, -0.2) is 4.79 Å². The van der Waals surface area contributed by atoms with E-state index < -0.39 is 5.97 Å². The fraction of sp³-hybridized carbons (Fsp3) is 0.222. The van der Waals surface area contributed by atoms with Gasteiger partial charge in [0.25, 0.3) is 0 Å². The van der Waals surface area contributed by atoms with Crippen LogP contribution in [-0.2, 0) is 9.53 Å². The van der Waals surface area contributed by atoms with Crippen molar-refractivity contribution in [3.05, 3.63) is 23.5 Å². The number of esters is 1. The zero-order valence-electron chi connectivity index (χ0n) is 7.65. The van der Waals surface area contributed by atoms with E-state index in [-0.39, 0.29) is 0 Å². The van der Waals surface area contributed by atoms with Crippen LogP contribution in [0.1, 0.15) is 18.2 Å². The van der Waals surface area contributed by atoms with E-state index in [4.69, 9.17) is 5.26 Å². The highest BCUT2D eigenvalue weighted by atomic mass is 16.5. The summed E-state index contributed by atoms with van der Waals surface area (Å²) in [7, 11) is 0. The summed E-state index contributed by atoms with van der Waals surface area (Å²) in [5.74, 6) is -0.433. The molecule has 0 spiro atoms. The van der Waals surface area contributed by atoms with Gasteiger partial charge in [0.05, 0.1) is 12.8 Å². The second-order valence-corrected chi connectivity index (χ2v) is 2.40. The first-order valence-electron chi connectivity index (χ1n) is 4.06. The van der Waals surface area contributed by atoms with E-state index in [9.17, 15) is 4.79 Å². The highest BCUT2D eigenvalue weighted by Gasteiger charge is 2.00. The van der Waals surface area contributed by atoms with Gasteiger partial charge in [0, 0.05) is 11.6 Å². The molecule has 1 aromatic heterocycles. The van der Waals surface area contributed by atoms with Crippen LogP contribution < -0.4 is 0 Å². The second kappa shape index (κ2) is 4.82. The molecule has 0 aliphatic rings. The average molecular weight is 191 g/mol. The molecule has 1 heterocycles. The van der Waals surface area contributed by atoms with E-state index in [1.165, 1.54) is 18.3 Å². The molecule has 5 heteroatoms. The van der Waals surface area contributed by atoms with Crippen LogP contribution in [-0.4, -0.2) is 22.8 Å². The minimum atomic E-state index is -0.433.